The molecule has 1 unspecified atom stereocenters. The summed E-state index contributed by atoms with van der Waals surface area (Å²) in [5, 5.41) is 0. The van der Waals surface area contributed by atoms with Crippen molar-refractivity contribution in [1.82, 2.24) is 4.98 Å². The Morgan fingerprint density at radius 1 is 1.50 bits per heavy atom. The van der Waals surface area contributed by atoms with Crippen molar-refractivity contribution in [2.45, 2.75) is 32.7 Å². The largest absolute Gasteiger partial charge is 0.462 e. The Balaban J connectivity index is 1.96. The predicted octanol–water partition coefficient (Wildman–Crippen LogP) is 1.82. The summed E-state index contributed by atoms with van der Waals surface area (Å²) in [6.07, 6.45) is 3.78. The number of ether oxygens (including phenoxy) is 1. The second kappa shape index (κ2) is 6.70. The van der Waals surface area contributed by atoms with E-state index in [1.165, 1.54) is 0 Å². The summed E-state index contributed by atoms with van der Waals surface area (Å²) in [5.74, 6) is 1.20. The van der Waals surface area contributed by atoms with Crippen molar-refractivity contribution in [1.29, 1.82) is 0 Å². The smallest absolute Gasteiger partial charge is 0.339 e. The molecule has 5 heteroatoms. The number of piperidine rings is 1. The number of carbonyl (C=O) groups is 1. The average molecular weight is 277 g/mol. The molecule has 2 heterocycles. The summed E-state index contributed by atoms with van der Waals surface area (Å²) in [6.45, 7) is 6.19. The van der Waals surface area contributed by atoms with Gasteiger partial charge in [0.25, 0.3) is 0 Å². The van der Waals surface area contributed by atoms with E-state index >= 15 is 0 Å². The van der Waals surface area contributed by atoms with E-state index in [0.29, 0.717) is 18.1 Å². The lowest BCUT2D eigenvalue weighted by Gasteiger charge is -2.34. The van der Waals surface area contributed by atoms with Gasteiger partial charge in [0.1, 0.15) is 5.82 Å². The van der Waals surface area contributed by atoms with Gasteiger partial charge >= 0.3 is 5.97 Å². The van der Waals surface area contributed by atoms with Gasteiger partial charge in [0.15, 0.2) is 0 Å². The second-order valence-corrected chi connectivity index (χ2v) is 5.31. The molecular formula is C15H23N3O2. The van der Waals surface area contributed by atoms with Gasteiger partial charge in [-0.15, -0.1) is 0 Å². The van der Waals surface area contributed by atoms with E-state index in [4.69, 9.17) is 10.5 Å². The topological polar surface area (TPSA) is 68.5 Å². The first kappa shape index (κ1) is 14.8. The van der Waals surface area contributed by atoms with E-state index < -0.39 is 0 Å². The van der Waals surface area contributed by atoms with Crippen LogP contribution in [-0.4, -0.2) is 36.7 Å². The minimum atomic E-state index is -0.317. The van der Waals surface area contributed by atoms with Crippen molar-refractivity contribution in [3.8, 4) is 0 Å². The highest BCUT2D eigenvalue weighted by molar-refractivity contribution is 5.89. The molecule has 1 aromatic rings. The van der Waals surface area contributed by atoms with Crippen molar-refractivity contribution < 1.29 is 9.53 Å². The van der Waals surface area contributed by atoms with E-state index in [0.717, 1.165) is 31.7 Å². The van der Waals surface area contributed by atoms with Gasteiger partial charge < -0.3 is 15.4 Å². The fourth-order valence-corrected chi connectivity index (χ4v) is 2.56. The Kier molecular flexibility index (Phi) is 4.95. The quantitative estimate of drug-likeness (QED) is 0.850. The highest BCUT2D eigenvalue weighted by Crippen LogP contribution is 2.23. The Morgan fingerprint density at radius 3 is 2.70 bits per heavy atom. The van der Waals surface area contributed by atoms with Gasteiger partial charge in [-0.3, -0.25) is 0 Å². The molecule has 20 heavy (non-hydrogen) atoms. The molecular weight excluding hydrogens is 254 g/mol. The number of hydrogen-bond acceptors (Lipinski definition) is 5. The Hall–Kier alpha value is -1.62. The van der Waals surface area contributed by atoms with Gasteiger partial charge in [0, 0.05) is 25.3 Å². The monoisotopic (exact) mass is 277 g/mol. The van der Waals surface area contributed by atoms with Gasteiger partial charge in [-0.1, -0.05) is 0 Å². The number of carbonyl (C=O) groups excluding carboxylic acids is 1. The Labute approximate surface area is 120 Å². The highest BCUT2D eigenvalue weighted by Gasteiger charge is 2.22. The van der Waals surface area contributed by atoms with E-state index in [9.17, 15) is 4.79 Å². The third-order valence-electron chi connectivity index (χ3n) is 3.87. The molecule has 0 aliphatic carbocycles. The molecule has 2 rings (SSSR count). The van der Waals surface area contributed by atoms with Crippen LogP contribution in [0.1, 0.15) is 37.0 Å². The van der Waals surface area contributed by atoms with Gasteiger partial charge in [0.2, 0.25) is 0 Å². The summed E-state index contributed by atoms with van der Waals surface area (Å²) in [4.78, 5) is 18.2. The fraction of sp³-hybridized carbons (Fsp3) is 0.600. The van der Waals surface area contributed by atoms with Crippen molar-refractivity contribution in [2.75, 3.05) is 24.6 Å². The first-order valence-corrected chi connectivity index (χ1v) is 7.25. The van der Waals surface area contributed by atoms with Crippen LogP contribution in [0.3, 0.4) is 0 Å². The van der Waals surface area contributed by atoms with Crippen molar-refractivity contribution in [3.63, 3.8) is 0 Å². The maximum atomic E-state index is 11.6. The first-order valence-electron chi connectivity index (χ1n) is 7.25. The van der Waals surface area contributed by atoms with Gasteiger partial charge in [-0.25, -0.2) is 9.78 Å². The maximum Gasteiger partial charge on any atom is 0.339 e. The lowest BCUT2D eigenvalue weighted by Crippen LogP contribution is -2.40. The second-order valence-electron chi connectivity index (χ2n) is 5.31. The molecule has 0 saturated carbocycles. The molecule has 0 spiro atoms. The number of hydrogen-bond donors (Lipinski definition) is 1. The fourth-order valence-electron chi connectivity index (χ4n) is 2.56. The van der Waals surface area contributed by atoms with Gasteiger partial charge in [0.05, 0.1) is 12.2 Å². The minimum Gasteiger partial charge on any atom is -0.462 e. The van der Waals surface area contributed by atoms with Crippen molar-refractivity contribution in [3.05, 3.63) is 23.9 Å². The summed E-state index contributed by atoms with van der Waals surface area (Å²) in [7, 11) is 0. The predicted molar refractivity (Wildman–Crippen MR) is 78.8 cm³/mol. The zero-order valence-electron chi connectivity index (χ0n) is 12.2. The third kappa shape index (κ3) is 3.48. The normalized spacial score (nSPS) is 17.9. The molecule has 1 aliphatic rings. The van der Waals surface area contributed by atoms with Crippen LogP contribution < -0.4 is 10.6 Å². The molecule has 0 radical (unpaired) electrons. The van der Waals surface area contributed by atoms with Crippen molar-refractivity contribution in [2.24, 2.45) is 11.7 Å². The number of nitrogens with zero attached hydrogens (tertiary/aromatic N) is 2. The molecule has 0 aromatic carbocycles. The van der Waals surface area contributed by atoms with E-state index in [2.05, 4.69) is 16.8 Å². The van der Waals surface area contributed by atoms with E-state index in [1.807, 2.05) is 6.07 Å². The third-order valence-corrected chi connectivity index (χ3v) is 3.87. The molecule has 5 nitrogen and oxygen atoms in total. The minimum absolute atomic E-state index is 0.260. The number of pyridine rings is 1. The molecule has 1 atom stereocenters. The molecule has 0 amide bonds. The van der Waals surface area contributed by atoms with Crippen LogP contribution in [-0.2, 0) is 4.74 Å². The van der Waals surface area contributed by atoms with Gasteiger partial charge in [-0.2, -0.15) is 0 Å². The zero-order chi connectivity index (χ0) is 14.5. The van der Waals surface area contributed by atoms with Crippen LogP contribution in [0.4, 0.5) is 5.82 Å². The molecule has 1 saturated heterocycles. The highest BCUT2D eigenvalue weighted by atomic mass is 16.5. The zero-order valence-corrected chi connectivity index (χ0v) is 12.2. The Morgan fingerprint density at radius 2 is 2.20 bits per heavy atom. The van der Waals surface area contributed by atoms with Crippen LogP contribution in [0.25, 0.3) is 0 Å². The number of anilines is 1. The number of nitrogens with two attached hydrogens (primary N) is 1. The summed E-state index contributed by atoms with van der Waals surface area (Å²) in [6, 6.07) is 3.92. The van der Waals surface area contributed by atoms with E-state index in [1.54, 1.807) is 19.2 Å². The summed E-state index contributed by atoms with van der Waals surface area (Å²) in [5.41, 5.74) is 6.45. The van der Waals surface area contributed by atoms with Crippen LogP contribution in [0.15, 0.2) is 18.3 Å². The molecule has 1 fully saturated rings. The van der Waals surface area contributed by atoms with Crippen LogP contribution in [0.5, 0.6) is 0 Å². The molecule has 2 N–H and O–H groups in total. The first-order chi connectivity index (χ1) is 9.61. The molecule has 1 aromatic heterocycles. The molecule has 110 valence electrons. The number of rotatable bonds is 4. The van der Waals surface area contributed by atoms with Crippen molar-refractivity contribution >= 4 is 11.8 Å². The Bertz CT molecular complexity index is 437. The SMILES string of the molecule is CCOC(=O)c1ccc(N2CCC(C(C)N)CC2)nc1. The van der Waals surface area contributed by atoms with Gasteiger partial charge in [-0.05, 0) is 44.7 Å². The van der Waals surface area contributed by atoms with Crippen LogP contribution in [0.2, 0.25) is 0 Å². The standard InChI is InChI=1S/C15H23N3O2/c1-3-20-15(19)13-4-5-14(17-10-13)18-8-6-12(7-9-18)11(2)16/h4-5,10-12H,3,6-9,16H2,1-2H3. The van der Waals surface area contributed by atoms with E-state index in [-0.39, 0.29) is 12.0 Å². The van der Waals surface area contributed by atoms with Crippen LogP contribution >= 0.6 is 0 Å². The molecule has 1 aliphatic heterocycles. The maximum absolute atomic E-state index is 11.6. The lowest BCUT2D eigenvalue weighted by molar-refractivity contribution is 0.0526. The summed E-state index contributed by atoms with van der Waals surface area (Å²) >= 11 is 0. The average Bonchev–Trinajstić information content (AvgIpc) is 2.48. The number of aromatic nitrogens is 1. The molecule has 0 bridgehead atoms. The lowest BCUT2D eigenvalue weighted by atomic mass is 9.91. The van der Waals surface area contributed by atoms with Crippen LogP contribution in [0, 0.1) is 5.92 Å². The number of esters is 1. The summed E-state index contributed by atoms with van der Waals surface area (Å²) < 4.78 is 4.95.